The summed E-state index contributed by atoms with van der Waals surface area (Å²) in [5, 5.41) is 0. The summed E-state index contributed by atoms with van der Waals surface area (Å²) in [6, 6.07) is 21.0. The van der Waals surface area contributed by atoms with Crippen LogP contribution in [0, 0.1) is 0 Å². The van der Waals surface area contributed by atoms with Crippen molar-refractivity contribution < 1.29 is 9.47 Å². The Morgan fingerprint density at radius 3 is 1.19 bits per heavy atom. The van der Waals surface area contributed by atoms with E-state index in [4.69, 9.17) is 20.9 Å². The topological polar surface area (TPSA) is 70.5 Å². The highest BCUT2D eigenvalue weighted by atomic mass is 35.5. The van der Waals surface area contributed by atoms with E-state index in [1.54, 1.807) is 0 Å². The summed E-state index contributed by atoms with van der Waals surface area (Å²) in [6.07, 6.45) is 0. The van der Waals surface area contributed by atoms with Gasteiger partial charge in [0.25, 0.3) is 0 Å². The van der Waals surface area contributed by atoms with Crippen molar-refractivity contribution in [2.75, 3.05) is 26.4 Å². The first-order valence-corrected chi connectivity index (χ1v) is 8.52. The number of halogens is 2. The fraction of sp³-hybridized carbons (Fsp3) is 0.400. The molecular formula is C20H28Cl2N2O2. The van der Waals surface area contributed by atoms with E-state index in [0.717, 1.165) is 13.2 Å². The molecule has 2 aliphatic heterocycles. The molecule has 2 fully saturated rings. The van der Waals surface area contributed by atoms with E-state index in [-0.39, 0.29) is 36.9 Å². The normalized spacial score (nSPS) is 26.8. The highest BCUT2D eigenvalue weighted by Gasteiger charge is 2.26. The molecule has 2 aromatic carbocycles. The number of ether oxygens (including phenoxy) is 2. The zero-order chi connectivity index (χ0) is 16.8. The molecule has 0 aliphatic carbocycles. The van der Waals surface area contributed by atoms with Crippen molar-refractivity contribution in [2.45, 2.75) is 23.9 Å². The van der Waals surface area contributed by atoms with E-state index in [1.165, 1.54) is 11.1 Å². The van der Waals surface area contributed by atoms with E-state index < -0.39 is 0 Å². The van der Waals surface area contributed by atoms with Gasteiger partial charge in [-0.3, -0.25) is 0 Å². The van der Waals surface area contributed by atoms with Crippen LogP contribution < -0.4 is 11.5 Å². The zero-order valence-electron chi connectivity index (χ0n) is 14.7. The van der Waals surface area contributed by atoms with Crippen molar-refractivity contribution in [3.05, 3.63) is 71.8 Å². The molecular weight excluding hydrogens is 371 g/mol. The summed E-state index contributed by atoms with van der Waals surface area (Å²) < 4.78 is 10.6. The first kappa shape index (κ1) is 22.9. The van der Waals surface area contributed by atoms with Gasteiger partial charge in [0.2, 0.25) is 0 Å². The lowest BCUT2D eigenvalue weighted by atomic mass is 9.95. The molecule has 0 spiro atoms. The van der Waals surface area contributed by atoms with Gasteiger partial charge in [0.1, 0.15) is 0 Å². The number of nitrogens with two attached hydrogens (primary N) is 2. The average molecular weight is 399 g/mol. The summed E-state index contributed by atoms with van der Waals surface area (Å²) in [7, 11) is 0. The predicted molar refractivity (Wildman–Crippen MR) is 110 cm³/mol. The van der Waals surface area contributed by atoms with Crippen LogP contribution in [-0.2, 0) is 9.47 Å². The summed E-state index contributed by atoms with van der Waals surface area (Å²) >= 11 is 0. The van der Waals surface area contributed by atoms with Crippen molar-refractivity contribution in [1.29, 1.82) is 0 Å². The molecule has 2 saturated heterocycles. The Balaban J connectivity index is 0.000000241. The van der Waals surface area contributed by atoms with Gasteiger partial charge in [0.15, 0.2) is 0 Å². The molecule has 0 saturated carbocycles. The van der Waals surface area contributed by atoms with Crippen molar-refractivity contribution in [1.82, 2.24) is 0 Å². The van der Waals surface area contributed by atoms with Gasteiger partial charge in [0.05, 0.1) is 26.4 Å². The van der Waals surface area contributed by atoms with Crippen LogP contribution in [0.15, 0.2) is 60.7 Å². The maximum Gasteiger partial charge on any atom is 0.0624 e. The molecule has 0 amide bonds. The predicted octanol–water partition coefficient (Wildman–Crippen LogP) is 3.10. The SMILES string of the molecule is Cl.Cl.N[C@@H]1COC[C@H]1c1ccccc1.N[C@H]1COC[C@@H]1c1ccccc1. The van der Waals surface area contributed by atoms with Gasteiger partial charge < -0.3 is 20.9 Å². The summed E-state index contributed by atoms with van der Waals surface area (Å²) in [5.74, 6) is 0.789. The standard InChI is InChI=1S/2C10H13NO.2ClH/c2*11-10-7-12-6-9(10)8-4-2-1-3-5-8;;/h2*1-5,9-10H,6-7,11H2;2*1H/t2*9-,10+;;/m10../s1. The lowest BCUT2D eigenvalue weighted by Gasteiger charge is -2.12. The highest BCUT2D eigenvalue weighted by molar-refractivity contribution is 5.85. The Kier molecular flexibility index (Phi) is 10.2. The van der Waals surface area contributed by atoms with Crippen molar-refractivity contribution in [3.8, 4) is 0 Å². The van der Waals surface area contributed by atoms with Crippen molar-refractivity contribution in [3.63, 3.8) is 0 Å². The van der Waals surface area contributed by atoms with Crippen molar-refractivity contribution in [2.24, 2.45) is 11.5 Å². The monoisotopic (exact) mass is 398 g/mol. The number of benzene rings is 2. The van der Waals surface area contributed by atoms with Crippen LogP contribution in [0.25, 0.3) is 0 Å². The highest BCUT2D eigenvalue weighted by Crippen LogP contribution is 2.24. The van der Waals surface area contributed by atoms with Crippen LogP contribution in [0.3, 0.4) is 0 Å². The fourth-order valence-corrected chi connectivity index (χ4v) is 3.23. The Labute approximate surface area is 168 Å². The Morgan fingerprint density at radius 1 is 0.577 bits per heavy atom. The van der Waals surface area contributed by atoms with Crippen LogP contribution in [0.4, 0.5) is 0 Å². The average Bonchev–Trinajstić information content (AvgIpc) is 3.25. The van der Waals surface area contributed by atoms with E-state index in [9.17, 15) is 0 Å². The van der Waals surface area contributed by atoms with Crippen LogP contribution in [0.2, 0.25) is 0 Å². The molecule has 4 nitrogen and oxygen atoms in total. The van der Waals surface area contributed by atoms with E-state index >= 15 is 0 Å². The summed E-state index contributed by atoms with van der Waals surface area (Å²) in [6.45, 7) is 2.93. The van der Waals surface area contributed by atoms with E-state index in [2.05, 4.69) is 24.3 Å². The molecule has 2 aliphatic rings. The lowest BCUT2D eigenvalue weighted by Crippen LogP contribution is -2.26. The molecule has 26 heavy (non-hydrogen) atoms. The quantitative estimate of drug-likeness (QED) is 0.814. The molecule has 6 heteroatoms. The largest absolute Gasteiger partial charge is 0.379 e. The molecule has 2 aromatic rings. The number of hydrogen-bond acceptors (Lipinski definition) is 4. The second kappa shape index (κ2) is 11.5. The van der Waals surface area contributed by atoms with Crippen LogP contribution in [-0.4, -0.2) is 38.5 Å². The third-order valence-corrected chi connectivity index (χ3v) is 4.70. The van der Waals surface area contributed by atoms with Crippen LogP contribution >= 0.6 is 24.8 Å². The van der Waals surface area contributed by atoms with Crippen molar-refractivity contribution >= 4 is 24.8 Å². The molecule has 4 N–H and O–H groups in total. The summed E-state index contributed by atoms with van der Waals surface area (Å²) in [5.41, 5.74) is 14.4. The first-order valence-electron chi connectivity index (χ1n) is 8.52. The molecule has 2 heterocycles. The fourth-order valence-electron chi connectivity index (χ4n) is 3.23. The minimum absolute atomic E-state index is 0. The Morgan fingerprint density at radius 2 is 0.923 bits per heavy atom. The maximum atomic E-state index is 5.89. The van der Waals surface area contributed by atoms with Crippen LogP contribution in [0.1, 0.15) is 23.0 Å². The second-order valence-corrected chi connectivity index (χ2v) is 6.44. The smallest absolute Gasteiger partial charge is 0.0624 e. The third kappa shape index (κ3) is 5.95. The van der Waals surface area contributed by atoms with Gasteiger partial charge in [-0.25, -0.2) is 0 Å². The number of rotatable bonds is 2. The van der Waals surface area contributed by atoms with Gasteiger partial charge in [0, 0.05) is 23.9 Å². The third-order valence-electron chi connectivity index (χ3n) is 4.70. The second-order valence-electron chi connectivity index (χ2n) is 6.44. The van der Waals surface area contributed by atoms with Gasteiger partial charge in [-0.15, -0.1) is 24.8 Å². The summed E-state index contributed by atoms with van der Waals surface area (Å²) in [4.78, 5) is 0. The minimum Gasteiger partial charge on any atom is -0.379 e. The molecule has 0 radical (unpaired) electrons. The zero-order valence-corrected chi connectivity index (χ0v) is 16.3. The molecule has 4 rings (SSSR count). The Bertz CT molecular complexity index is 560. The van der Waals surface area contributed by atoms with Gasteiger partial charge in [-0.1, -0.05) is 60.7 Å². The van der Waals surface area contributed by atoms with Gasteiger partial charge in [-0.2, -0.15) is 0 Å². The maximum absolute atomic E-state index is 5.89. The minimum atomic E-state index is 0. The Hall–Kier alpha value is -1.14. The van der Waals surface area contributed by atoms with E-state index in [0.29, 0.717) is 25.0 Å². The molecule has 0 bridgehead atoms. The molecule has 144 valence electrons. The van der Waals surface area contributed by atoms with E-state index in [1.807, 2.05) is 36.4 Å². The molecule has 0 aromatic heterocycles. The van der Waals surface area contributed by atoms with Gasteiger partial charge in [-0.05, 0) is 11.1 Å². The van der Waals surface area contributed by atoms with Crippen LogP contribution in [0.5, 0.6) is 0 Å². The molecule has 0 unspecified atom stereocenters. The lowest BCUT2D eigenvalue weighted by molar-refractivity contribution is 0.191. The van der Waals surface area contributed by atoms with Gasteiger partial charge >= 0.3 is 0 Å². The first-order chi connectivity index (χ1) is 11.8. The number of hydrogen-bond donors (Lipinski definition) is 2. The molecule has 4 atom stereocenters.